The summed E-state index contributed by atoms with van der Waals surface area (Å²) >= 11 is 0. The second-order valence-corrected chi connectivity index (χ2v) is 5.23. The molecule has 0 aromatic rings. The number of aliphatic hydroxyl groups excluding tert-OH is 1. The zero-order valence-electron chi connectivity index (χ0n) is 10.6. The van der Waals surface area contributed by atoms with E-state index in [1.165, 1.54) is 0 Å². The normalized spacial score (nSPS) is 17.8. The van der Waals surface area contributed by atoms with Crippen molar-refractivity contribution in [3.8, 4) is 0 Å². The van der Waals surface area contributed by atoms with E-state index >= 15 is 0 Å². The Morgan fingerprint density at radius 1 is 1.33 bits per heavy atom. The zero-order chi connectivity index (χ0) is 11.9. The van der Waals surface area contributed by atoms with E-state index in [1.54, 1.807) is 0 Å². The Morgan fingerprint density at radius 3 is 2.40 bits per heavy atom. The Bertz CT molecular complexity index is 158. The van der Waals surface area contributed by atoms with Crippen molar-refractivity contribution < 1.29 is 9.84 Å². The van der Waals surface area contributed by atoms with Crippen LogP contribution < -0.4 is 5.73 Å². The summed E-state index contributed by atoms with van der Waals surface area (Å²) in [6, 6.07) is 0. The van der Waals surface area contributed by atoms with Gasteiger partial charge in [0.05, 0.1) is 12.7 Å². The molecule has 0 heterocycles. The van der Waals surface area contributed by atoms with E-state index in [4.69, 9.17) is 15.6 Å². The van der Waals surface area contributed by atoms with Gasteiger partial charge >= 0.3 is 0 Å². The molecule has 92 valence electrons. The molecule has 3 N–H and O–H groups in total. The summed E-state index contributed by atoms with van der Waals surface area (Å²) in [5, 5.41) is 8.96. The number of aliphatic hydroxyl groups is 1. The van der Waals surface area contributed by atoms with E-state index in [0.717, 1.165) is 25.9 Å². The fourth-order valence-corrected chi connectivity index (χ4v) is 1.57. The molecule has 0 aromatic heterocycles. The Morgan fingerprint density at radius 2 is 1.93 bits per heavy atom. The van der Waals surface area contributed by atoms with Gasteiger partial charge in [-0.3, -0.25) is 0 Å². The van der Waals surface area contributed by atoms with E-state index in [2.05, 4.69) is 20.8 Å². The van der Waals surface area contributed by atoms with Crippen molar-refractivity contribution in [2.75, 3.05) is 13.2 Å². The lowest BCUT2D eigenvalue weighted by atomic mass is 9.99. The third-order valence-electron chi connectivity index (χ3n) is 2.46. The molecule has 2 unspecified atom stereocenters. The average molecular weight is 217 g/mol. The van der Waals surface area contributed by atoms with Gasteiger partial charge in [0.1, 0.15) is 0 Å². The van der Waals surface area contributed by atoms with Crippen molar-refractivity contribution in [1.29, 1.82) is 0 Å². The first-order valence-corrected chi connectivity index (χ1v) is 5.88. The monoisotopic (exact) mass is 217 g/mol. The molecule has 0 bridgehead atoms. The zero-order valence-corrected chi connectivity index (χ0v) is 10.6. The molecule has 3 nitrogen and oxygen atoms in total. The van der Waals surface area contributed by atoms with Crippen molar-refractivity contribution in [2.24, 2.45) is 11.7 Å². The quantitative estimate of drug-likeness (QED) is 0.611. The molecule has 0 radical (unpaired) electrons. The van der Waals surface area contributed by atoms with E-state index in [0.29, 0.717) is 12.0 Å². The van der Waals surface area contributed by atoms with Crippen LogP contribution >= 0.6 is 0 Å². The lowest BCUT2D eigenvalue weighted by Gasteiger charge is -2.22. The SMILES string of the molecule is CC(C)CC(C)OCCCC(C)(N)CO. The molecule has 15 heavy (non-hydrogen) atoms. The summed E-state index contributed by atoms with van der Waals surface area (Å²) in [5.74, 6) is 0.678. The van der Waals surface area contributed by atoms with Gasteiger partial charge in [0, 0.05) is 12.1 Å². The van der Waals surface area contributed by atoms with Gasteiger partial charge in [-0.2, -0.15) is 0 Å². The van der Waals surface area contributed by atoms with Crippen LogP contribution in [0.1, 0.15) is 47.0 Å². The number of nitrogens with two attached hydrogens (primary N) is 1. The van der Waals surface area contributed by atoms with Crippen LogP contribution in [-0.4, -0.2) is 30.0 Å². The predicted octanol–water partition coefficient (Wildman–Crippen LogP) is 1.93. The summed E-state index contributed by atoms with van der Waals surface area (Å²) in [6.45, 7) is 9.14. The Kier molecular flexibility index (Phi) is 7.14. The maximum Gasteiger partial charge on any atom is 0.0608 e. The minimum absolute atomic E-state index is 0.0363. The van der Waals surface area contributed by atoms with Gasteiger partial charge in [-0.1, -0.05) is 13.8 Å². The minimum Gasteiger partial charge on any atom is -0.394 e. The first-order valence-electron chi connectivity index (χ1n) is 5.88. The molecule has 0 aliphatic heterocycles. The number of hydrogen-bond donors (Lipinski definition) is 2. The first kappa shape index (κ1) is 14.9. The van der Waals surface area contributed by atoms with E-state index in [9.17, 15) is 0 Å². The fraction of sp³-hybridized carbons (Fsp3) is 1.00. The maximum atomic E-state index is 8.96. The van der Waals surface area contributed by atoms with Crippen LogP contribution in [0.4, 0.5) is 0 Å². The van der Waals surface area contributed by atoms with Gasteiger partial charge in [0.2, 0.25) is 0 Å². The summed E-state index contributed by atoms with van der Waals surface area (Å²) in [5.41, 5.74) is 5.35. The molecular formula is C12H27NO2. The van der Waals surface area contributed by atoms with Crippen LogP contribution in [0.5, 0.6) is 0 Å². The average Bonchev–Trinajstić information content (AvgIpc) is 2.11. The number of ether oxygens (including phenoxy) is 1. The summed E-state index contributed by atoms with van der Waals surface area (Å²) in [4.78, 5) is 0. The van der Waals surface area contributed by atoms with Crippen LogP contribution in [0.3, 0.4) is 0 Å². The van der Waals surface area contributed by atoms with Crippen LogP contribution in [0.2, 0.25) is 0 Å². The summed E-state index contributed by atoms with van der Waals surface area (Å²) in [7, 11) is 0. The first-order chi connectivity index (χ1) is 6.87. The lowest BCUT2D eigenvalue weighted by molar-refractivity contribution is 0.0454. The highest BCUT2D eigenvalue weighted by molar-refractivity contribution is 4.76. The van der Waals surface area contributed by atoms with Crippen LogP contribution in [0, 0.1) is 5.92 Å². The van der Waals surface area contributed by atoms with Gasteiger partial charge in [-0.15, -0.1) is 0 Å². The van der Waals surface area contributed by atoms with Gasteiger partial charge in [-0.05, 0) is 39.0 Å². The highest BCUT2D eigenvalue weighted by Gasteiger charge is 2.16. The molecule has 0 saturated heterocycles. The minimum atomic E-state index is -0.454. The van der Waals surface area contributed by atoms with Crippen molar-refractivity contribution in [2.45, 2.75) is 58.6 Å². The van der Waals surface area contributed by atoms with Crippen molar-refractivity contribution >= 4 is 0 Å². The summed E-state index contributed by atoms with van der Waals surface area (Å²) in [6.07, 6.45) is 3.14. The molecule has 0 fully saturated rings. The highest BCUT2D eigenvalue weighted by Crippen LogP contribution is 2.11. The van der Waals surface area contributed by atoms with Crippen LogP contribution in [0.15, 0.2) is 0 Å². The molecule has 0 saturated carbocycles. The molecule has 3 heteroatoms. The predicted molar refractivity (Wildman–Crippen MR) is 63.8 cm³/mol. The second-order valence-electron chi connectivity index (χ2n) is 5.23. The van der Waals surface area contributed by atoms with E-state index < -0.39 is 5.54 Å². The van der Waals surface area contributed by atoms with E-state index in [-0.39, 0.29) is 6.61 Å². The molecule has 0 aliphatic carbocycles. The topological polar surface area (TPSA) is 55.5 Å². The highest BCUT2D eigenvalue weighted by atomic mass is 16.5. The van der Waals surface area contributed by atoms with Crippen molar-refractivity contribution in [3.63, 3.8) is 0 Å². The molecular weight excluding hydrogens is 190 g/mol. The molecule has 0 spiro atoms. The van der Waals surface area contributed by atoms with Crippen LogP contribution in [-0.2, 0) is 4.74 Å². The fourth-order valence-electron chi connectivity index (χ4n) is 1.57. The number of rotatable bonds is 8. The van der Waals surface area contributed by atoms with Gasteiger partial charge in [0.25, 0.3) is 0 Å². The molecule has 0 aliphatic rings. The lowest BCUT2D eigenvalue weighted by Crippen LogP contribution is -2.40. The standard InChI is InChI=1S/C12H27NO2/c1-10(2)8-11(3)15-7-5-6-12(4,13)9-14/h10-11,14H,5-9,13H2,1-4H3. The Hall–Kier alpha value is -0.120. The van der Waals surface area contributed by atoms with Gasteiger partial charge in [-0.25, -0.2) is 0 Å². The van der Waals surface area contributed by atoms with Crippen molar-refractivity contribution in [3.05, 3.63) is 0 Å². The third kappa shape index (κ3) is 8.85. The van der Waals surface area contributed by atoms with Crippen molar-refractivity contribution in [1.82, 2.24) is 0 Å². The third-order valence-corrected chi connectivity index (χ3v) is 2.46. The molecule has 0 rings (SSSR count). The molecule has 2 atom stereocenters. The van der Waals surface area contributed by atoms with Crippen LogP contribution in [0.25, 0.3) is 0 Å². The second kappa shape index (κ2) is 7.20. The van der Waals surface area contributed by atoms with E-state index in [1.807, 2.05) is 6.92 Å². The van der Waals surface area contributed by atoms with Gasteiger partial charge in [0.15, 0.2) is 0 Å². The van der Waals surface area contributed by atoms with Gasteiger partial charge < -0.3 is 15.6 Å². The largest absolute Gasteiger partial charge is 0.394 e. The molecule has 0 aromatic carbocycles. The smallest absolute Gasteiger partial charge is 0.0608 e. The Labute approximate surface area is 94.0 Å². The maximum absolute atomic E-state index is 8.96. The summed E-state index contributed by atoms with van der Waals surface area (Å²) < 4.78 is 5.66. The Balaban J connectivity index is 3.46. The molecule has 0 amide bonds. The number of hydrogen-bond acceptors (Lipinski definition) is 3.